The third kappa shape index (κ3) is 3.32. The predicted octanol–water partition coefficient (Wildman–Crippen LogP) is 2.42. The molecule has 3 rings (SSSR count). The lowest BCUT2D eigenvalue weighted by Crippen LogP contribution is -2.26. The molecule has 1 aliphatic heterocycles. The van der Waals surface area contributed by atoms with Gasteiger partial charge in [-0.1, -0.05) is 0 Å². The second-order valence-electron chi connectivity index (χ2n) is 5.45. The van der Waals surface area contributed by atoms with Crippen LogP contribution < -0.4 is 10.2 Å². The highest BCUT2D eigenvalue weighted by Crippen LogP contribution is 2.16. The van der Waals surface area contributed by atoms with Crippen LogP contribution in [0.15, 0.2) is 24.4 Å². The second kappa shape index (κ2) is 6.86. The molecule has 1 aromatic carbocycles. The van der Waals surface area contributed by atoms with E-state index in [4.69, 9.17) is 0 Å². The van der Waals surface area contributed by atoms with E-state index in [9.17, 15) is 18.0 Å². The predicted molar refractivity (Wildman–Crippen MR) is 81.0 cm³/mol. The summed E-state index contributed by atoms with van der Waals surface area (Å²) in [6, 6.07) is 3.24. The van der Waals surface area contributed by atoms with Crippen LogP contribution in [0.2, 0.25) is 0 Å². The van der Waals surface area contributed by atoms with Gasteiger partial charge in [0.25, 0.3) is 5.91 Å². The van der Waals surface area contributed by atoms with Crippen LogP contribution >= 0.6 is 0 Å². The number of carbonyl (C=O) groups is 1. The number of amides is 1. The fourth-order valence-electron chi connectivity index (χ4n) is 2.52. The van der Waals surface area contributed by atoms with Crippen molar-refractivity contribution in [1.82, 2.24) is 15.3 Å². The first-order valence-corrected chi connectivity index (χ1v) is 7.55. The maximum atomic E-state index is 13.6. The van der Waals surface area contributed by atoms with Gasteiger partial charge in [-0.3, -0.25) is 4.79 Å². The van der Waals surface area contributed by atoms with Gasteiger partial charge in [-0.25, -0.2) is 23.1 Å². The highest BCUT2D eigenvalue weighted by molar-refractivity contribution is 5.94. The molecule has 1 aliphatic rings. The average molecular weight is 336 g/mol. The Labute approximate surface area is 136 Å². The summed E-state index contributed by atoms with van der Waals surface area (Å²) in [4.78, 5) is 22.5. The maximum Gasteiger partial charge on any atom is 0.254 e. The Kier molecular flexibility index (Phi) is 4.64. The monoisotopic (exact) mass is 336 g/mol. The van der Waals surface area contributed by atoms with Crippen LogP contribution in [-0.2, 0) is 6.54 Å². The lowest BCUT2D eigenvalue weighted by atomic mass is 10.2. The summed E-state index contributed by atoms with van der Waals surface area (Å²) in [5.74, 6) is -4.77. The van der Waals surface area contributed by atoms with Crippen molar-refractivity contribution >= 4 is 11.9 Å². The van der Waals surface area contributed by atoms with Gasteiger partial charge >= 0.3 is 0 Å². The number of nitrogens with one attached hydrogen (secondary N) is 1. The van der Waals surface area contributed by atoms with Gasteiger partial charge < -0.3 is 10.2 Å². The van der Waals surface area contributed by atoms with Crippen molar-refractivity contribution in [3.05, 3.63) is 53.1 Å². The quantitative estimate of drug-likeness (QED) is 0.871. The van der Waals surface area contributed by atoms with Crippen LogP contribution in [-0.4, -0.2) is 29.0 Å². The first kappa shape index (κ1) is 16.2. The minimum absolute atomic E-state index is 0.0284. The molecule has 2 aromatic rings. The zero-order valence-electron chi connectivity index (χ0n) is 12.7. The molecule has 0 atom stereocenters. The number of hydrogen-bond acceptors (Lipinski definition) is 4. The van der Waals surface area contributed by atoms with E-state index in [1.807, 2.05) is 4.90 Å². The molecule has 0 spiro atoms. The van der Waals surface area contributed by atoms with Crippen molar-refractivity contribution in [2.24, 2.45) is 0 Å². The molecule has 1 saturated heterocycles. The van der Waals surface area contributed by atoms with Crippen LogP contribution in [0.25, 0.3) is 0 Å². The summed E-state index contributed by atoms with van der Waals surface area (Å²) in [6.07, 6.45) is 3.75. The van der Waals surface area contributed by atoms with Crippen molar-refractivity contribution < 1.29 is 18.0 Å². The minimum Gasteiger partial charge on any atom is -0.346 e. The minimum atomic E-state index is -1.67. The molecular formula is C16H15F3N4O. The van der Waals surface area contributed by atoms with E-state index in [0.29, 0.717) is 17.7 Å². The van der Waals surface area contributed by atoms with E-state index >= 15 is 0 Å². The summed E-state index contributed by atoms with van der Waals surface area (Å²) in [7, 11) is 0. The van der Waals surface area contributed by atoms with E-state index < -0.39 is 28.9 Å². The lowest BCUT2D eigenvalue weighted by molar-refractivity contribution is 0.0945. The number of halogens is 3. The third-order valence-electron chi connectivity index (χ3n) is 3.80. The summed E-state index contributed by atoms with van der Waals surface area (Å²) >= 11 is 0. The van der Waals surface area contributed by atoms with Crippen molar-refractivity contribution in [2.45, 2.75) is 19.4 Å². The van der Waals surface area contributed by atoms with E-state index in [1.54, 1.807) is 12.3 Å². The van der Waals surface area contributed by atoms with Crippen molar-refractivity contribution in [2.75, 3.05) is 18.0 Å². The molecule has 0 saturated carbocycles. The van der Waals surface area contributed by atoms with Crippen LogP contribution in [0.3, 0.4) is 0 Å². The average Bonchev–Trinajstić information content (AvgIpc) is 3.13. The topological polar surface area (TPSA) is 58.1 Å². The largest absolute Gasteiger partial charge is 0.346 e. The SMILES string of the molecule is O=C(NCc1ccnc(N2CCCC2)n1)c1ccc(F)c(F)c1F. The zero-order valence-corrected chi connectivity index (χ0v) is 12.7. The van der Waals surface area contributed by atoms with Gasteiger partial charge in [0, 0.05) is 19.3 Å². The molecule has 0 bridgehead atoms. The molecule has 5 nitrogen and oxygen atoms in total. The van der Waals surface area contributed by atoms with Gasteiger partial charge in [0.05, 0.1) is 17.8 Å². The van der Waals surface area contributed by atoms with E-state index in [0.717, 1.165) is 32.0 Å². The standard InChI is InChI=1S/C16H15F3N4O/c17-12-4-3-11(13(18)14(12)19)15(24)21-9-10-5-6-20-16(22-10)23-7-1-2-8-23/h3-6H,1-2,7-9H2,(H,21,24). The van der Waals surface area contributed by atoms with Gasteiger partial charge in [0.2, 0.25) is 5.95 Å². The normalized spacial score (nSPS) is 14.0. The van der Waals surface area contributed by atoms with Gasteiger partial charge in [-0.15, -0.1) is 0 Å². The number of nitrogens with zero attached hydrogens (tertiary/aromatic N) is 3. The third-order valence-corrected chi connectivity index (χ3v) is 3.80. The highest BCUT2D eigenvalue weighted by Gasteiger charge is 2.19. The molecular weight excluding hydrogens is 321 g/mol. The van der Waals surface area contributed by atoms with Crippen molar-refractivity contribution in [3.63, 3.8) is 0 Å². The molecule has 2 heterocycles. The number of benzene rings is 1. The highest BCUT2D eigenvalue weighted by atomic mass is 19.2. The van der Waals surface area contributed by atoms with E-state index in [2.05, 4.69) is 15.3 Å². The van der Waals surface area contributed by atoms with E-state index in [1.165, 1.54) is 0 Å². The number of carbonyl (C=O) groups excluding carboxylic acids is 1. The Bertz CT molecular complexity index is 763. The molecule has 1 N–H and O–H groups in total. The summed E-state index contributed by atoms with van der Waals surface area (Å²) < 4.78 is 39.7. The Morgan fingerprint density at radius 3 is 2.62 bits per heavy atom. The first-order chi connectivity index (χ1) is 11.6. The lowest BCUT2D eigenvalue weighted by Gasteiger charge is -2.15. The van der Waals surface area contributed by atoms with Crippen molar-refractivity contribution in [3.8, 4) is 0 Å². The zero-order chi connectivity index (χ0) is 17.1. The number of rotatable bonds is 4. The number of aromatic nitrogens is 2. The summed E-state index contributed by atoms with van der Waals surface area (Å²) in [6.45, 7) is 1.80. The molecule has 1 aromatic heterocycles. The van der Waals surface area contributed by atoms with Gasteiger partial charge in [-0.2, -0.15) is 0 Å². The Balaban J connectivity index is 1.68. The first-order valence-electron chi connectivity index (χ1n) is 7.55. The van der Waals surface area contributed by atoms with Gasteiger partial charge in [0.1, 0.15) is 0 Å². The van der Waals surface area contributed by atoms with Crippen molar-refractivity contribution in [1.29, 1.82) is 0 Å². The number of hydrogen-bond donors (Lipinski definition) is 1. The molecule has 126 valence electrons. The Morgan fingerprint density at radius 2 is 1.88 bits per heavy atom. The van der Waals surface area contributed by atoms with Crippen LogP contribution in [0.5, 0.6) is 0 Å². The summed E-state index contributed by atoms with van der Waals surface area (Å²) in [5, 5.41) is 2.44. The Hall–Kier alpha value is -2.64. The number of anilines is 1. The fourth-order valence-corrected chi connectivity index (χ4v) is 2.52. The van der Waals surface area contributed by atoms with Crippen LogP contribution in [0, 0.1) is 17.5 Å². The van der Waals surface area contributed by atoms with Gasteiger partial charge in [0.15, 0.2) is 17.5 Å². The molecule has 8 heteroatoms. The van der Waals surface area contributed by atoms with Crippen LogP contribution in [0.4, 0.5) is 19.1 Å². The van der Waals surface area contributed by atoms with E-state index in [-0.39, 0.29) is 6.54 Å². The second-order valence-corrected chi connectivity index (χ2v) is 5.45. The smallest absolute Gasteiger partial charge is 0.254 e. The molecule has 24 heavy (non-hydrogen) atoms. The maximum absolute atomic E-state index is 13.6. The molecule has 0 unspecified atom stereocenters. The van der Waals surface area contributed by atoms with Gasteiger partial charge in [-0.05, 0) is 31.0 Å². The molecule has 0 radical (unpaired) electrons. The van der Waals surface area contributed by atoms with Crippen LogP contribution in [0.1, 0.15) is 28.9 Å². The fraction of sp³-hybridized carbons (Fsp3) is 0.312. The summed E-state index contributed by atoms with van der Waals surface area (Å²) in [5.41, 5.74) is -0.00837. The molecule has 0 aliphatic carbocycles. The molecule has 1 fully saturated rings. The molecule has 1 amide bonds. The Morgan fingerprint density at radius 1 is 1.12 bits per heavy atom.